The van der Waals surface area contributed by atoms with Gasteiger partial charge in [0.25, 0.3) is 5.91 Å². The Morgan fingerprint density at radius 3 is 2.74 bits per heavy atom. The molecular formula is C18H28N2O3. The van der Waals surface area contributed by atoms with Gasteiger partial charge in [-0.3, -0.25) is 4.79 Å². The van der Waals surface area contributed by atoms with Gasteiger partial charge < -0.3 is 20.1 Å². The number of carbonyl (C=O) groups excluding carboxylic acids is 1. The molecule has 1 saturated heterocycles. The summed E-state index contributed by atoms with van der Waals surface area (Å²) in [5, 5.41) is 0. The first-order valence-corrected chi connectivity index (χ1v) is 8.38. The van der Waals surface area contributed by atoms with E-state index in [0.29, 0.717) is 24.7 Å². The first-order chi connectivity index (χ1) is 11.1. The van der Waals surface area contributed by atoms with Crippen LogP contribution >= 0.6 is 0 Å². The third-order valence-corrected chi connectivity index (χ3v) is 4.35. The van der Waals surface area contributed by atoms with Crippen molar-refractivity contribution in [2.45, 2.75) is 32.2 Å². The number of benzene rings is 1. The van der Waals surface area contributed by atoms with Crippen LogP contribution in [0.5, 0.6) is 5.75 Å². The predicted octanol–water partition coefficient (Wildman–Crippen LogP) is 2.30. The zero-order chi connectivity index (χ0) is 16.7. The Balaban J connectivity index is 1.89. The smallest absolute Gasteiger partial charge is 0.253 e. The maximum atomic E-state index is 12.6. The Labute approximate surface area is 138 Å². The van der Waals surface area contributed by atoms with Gasteiger partial charge in [-0.05, 0) is 49.9 Å². The lowest BCUT2D eigenvalue weighted by Crippen LogP contribution is -2.45. The summed E-state index contributed by atoms with van der Waals surface area (Å²) >= 11 is 0. The minimum absolute atomic E-state index is 0.0845. The standard InChI is InChI=1S/C18H28N2O3/c1-14(19)16-5-3-10-20(13-16)18(21)15-6-8-17(9-7-15)23-12-4-11-22-2/h6-9,14,16H,3-5,10-13,19H2,1-2H3. The summed E-state index contributed by atoms with van der Waals surface area (Å²) in [4.78, 5) is 14.5. The van der Waals surface area contributed by atoms with Crippen molar-refractivity contribution in [1.82, 2.24) is 4.90 Å². The van der Waals surface area contributed by atoms with Crippen molar-refractivity contribution >= 4 is 5.91 Å². The van der Waals surface area contributed by atoms with Crippen LogP contribution in [0.15, 0.2) is 24.3 Å². The number of likely N-dealkylation sites (tertiary alicyclic amines) is 1. The highest BCUT2D eigenvalue weighted by Gasteiger charge is 2.26. The van der Waals surface area contributed by atoms with Gasteiger partial charge in [-0.1, -0.05) is 0 Å². The van der Waals surface area contributed by atoms with Crippen molar-refractivity contribution in [2.75, 3.05) is 33.4 Å². The van der Waals surface area contributed by atoms with E-state index in [1.165, 1.54) is 0 Å². The summed E-state index contributed by atoms with van der Waals surface area (Å²) in [7, 11) is 1.68. The van der Waals surface area contributed by atoms with Crippen LogP contribution in [0.3, 0.4) is 0 Å². The van der Waals surface area contributed by atoms with Gasteiger partial charge >= 0.3 is 0 Å². The summed E-state index contributed by atoms with van der Waals surface area (Å²) in [6.07, 6.45) is 2.98. The molecule has 2 N–H and O–H groups in total. The average Bonchev–Trinajstić information content (AvgIpc) is 2.59. The van der Waals surface area contributed by atoms with E-state index < -0.39 is 0 Å². The number of rotatable bonds is 7. The monoisotopic (exact) mass is 320 g/mol. The highest BCUT2D eigenvalue weighted by atomic mass is 16.5. The second-order valence-corrected chi connectivity index (χ2v) is 6.23. The molecule has 0 aliphatic carbocycles. The third-order valence-electron chi connectivity index (χ3n) is 4.35. The lowest BCUT2D eigenvalue weighted by atomic mass is 9.92. The number of piperidine rings is 1. The van der Waals surface area contributed by atoms with E-state index in [0.717, 1.165) is 38.1 Å². The molecular weight excluding hydrogens is 292 g/mol. The Hall–Kier alpha value is -1.59. The molecule has 0 spiro atoms. The van der Waals surface area contributed by atoms with Crippen molar-refractivity contribution in [2.24, 2.45) is 11.7 Å². The van der Waals surface area contributed by atoms with E-state index in [9.17, 15) is 4.79 Å². The fourth-order valence-electron chi connectivity index (χ4n) is 2.89. The number of hydrogen-bond acceptors (Lipinski definition) is 4. The van der Waals surface area contributed by atoms with Gasteiger partial charge in [0.15, 0.2) is 0 Å². The summed E-state index contributed by atoms with van der Waals surface area (Å²) in [6.45, 7) is 4.90. The highest BCUT2D eigenvalue weighted by molar-refractivity contribution is 5.94. The van der Waals surface area contributed by atoms with Gasteiger partial charge in [-0.15, -0.1) is 0 Å². The molecule has 0 bridgehead atoms. The van der Waals surface area contributed by atoms with Crippen LogP contribution in [0.4, 0.5) is 0 Å². The summed E-state index contributed by atoms with van der Waals surface area (Å²) in [5.74, 6) is 1.27. The van der Waals surface area contributed by atoms with Crippen molar-refractivity contribution in [3.05, 3.63) is 29.8 Å². The van der Waals surface area contributed by atoms with Crippen LogP contribution < -0.4 is 10.5 Å². The fraction of sp³-hybridized carbons (Fsp3) is 0.611. The van der Waals surface area contributed by atoms with E-state index in [4.69, 9.17) is 15.2 Å². The molecule has 2 rings (SSSR count). The fourth-order valence-corrected chi connectivity index (χ4v) is 2.89. The SMILES string of the molecule is COCCCOc1ccc(C(=O)N2CCCC(C(C)N)C2)cc1. The van der Waals surface area contributed by atoms with E-state index in [2.05, 4.69) is 0 Å². The number of hydrogen-bond donors (Lipinski definition) is 1. The second-order valence-electron chi connectivity index (χ2n) is 6.23. The van der Waals surface area contributed by atoms with Gasteiger partial charge in [0.1, 0.15) is 5.75 Å². The van der Waals surface area contributed by atoms with Crippen LogP contribution in [0, 0.1) is 5.92 Å². The zero-order valence-corrected chi connectivity index (χ0v) is 14.2. The molecule has 2 unspecified atom stereocenters. The minimum atomic E-state index is 0.0845. The molecule has 1 amide bonds. The quantitative estimate of drug-likeness (QED) is 0.783. The lowest BCUT2D eigenvalue weighted by Gasteiger charge is -2.34. The van der Waals surface area contributed by atoms with E-state index >= 15 is 0 Å². The lowest BCUT2D eigenvalue weighted by molar-refractivity contribution is 0.0661. The molecule has 5 nitrogen and oxygen atoms in total. The molecule has 1 fully saturated rings. The number of methoxy groups -OCH3 is 1. The van der Waals surface area contributed by atoms with Gasteiger partial charge in [0, 0.05) is 44.8 Å². The Morgan fingerprint density at radius 2 is 2.09 bits per heavy atom. The normalized spacial score (nSPS) is 19.4. The second kappa shape index (κ2) is 8.89. The van der Waals surface area contributed by atoms with Crippen molar-refractivity contribution < 1.29 is 14.3 Å². The predicted molar refractivity (Wildman–Crippen MR) is 90.7 cm³/mol. The van der Waals surface area contributed by atoms with Crippen molar-refractivity contribution in [3.63, 3.8) is 0 Å². The van der Waals surface area contributed by atoms with Crippen LogP contribution in [0.1, 0.15) is 36.5 Å². The third kappa shape index (κ3) is 5.22. The maximum Gasteiger partial charge on any atom is 0.253 e. The van der Waals surface area contributed by atoms with E-state index in [1.54, 1.807) is 7.11 Å². The van der Waals surface area contributed by atoms with E-state index in [1.807, 2.05) is 36.1 Å². The molecule has 0 saturated carbocycles. The van der Waals surface area contributed by atoms with Gasteiger partial charge in [0.2, 0.25) is 0 Å². The van der Waals surface area contributed by atoms with Crippen molar-refractivity contribution in [3.8, 4) is 5.75 Å². The molecule has 1 aromatic rings. The zero-order valence-electron chi connectivity index (χ0n) is 14.2. The maximum absolute atomic E-state index is 12.6. The number of nitrogens with two attached hydrogens (primary N) is 1. The van der Waals surface area contributed by atoms with Crippen LogP contribution in [-0.2, 0) is 4.74 Å². The largest absolute Gasteiger partial charge is 0.494 e. The number of carbonyl (C=O) groups is 1. The molecule has 128 valence electrons. The molecule has 1 aromatic carbocycles. The van der Waals surface area contributed by atoms with Crippen molar-refractivity contribution in [1.29, 1.82) is 0 Å². The molecule has 5 heteroatoms. The summed E-state index contributed by atoms with van der Waals surface area (Å²) in [5.41, 5.74) is 6.70. The summed E-state index contributed by atoms with van der Waals surface area (Å²) in [6, 6.07) is 7.51. The first kappa shape index (κ1) is 17.8. The molecule has 1 heterocycles. The summed E-state index contributed by atoms with van der Waals surface area (Å²) < 4.78 is 10.6. The number of amides is 1. The number of ether oxygens (including phenoxy) is 2. The van der Waals surface area contributed by atoms with Gasteiger partial charge in [-0.2, -0.15) is 0 Å². The van der Waals surface area contributed by atoms with Gasteiger partial charge in [-0.25, -0.2) is 0 Å². The molecule has 2 atom stereocenters. The highest BCUT2D eigenvalue weighted by Crippen LogP contribution is 2.21. The Morgan fingerprint density at radius 1 is 1.35 bits per heavy atom. The Kier molecular flexibility index (Phi) is 6.86. The average molecular weight is 320 g/mol. The topological polar surface area (TPSA) is 64.8 Å². The molecule has 1 aliphatic rings. The molecule has 0 aromatic heterocycles. The Bertz CT molecular complexity index is 488. The first-order valence-electron chi connectivity index (χ1n) is 8.38. The van der Waals surface area contributed by atoms with Gasteiger partial charge in [0.05, 0.1) is 6.61 Å². The van der Waals surface area contributed by atoms with E-state index in [-0.39, 0.29) is 11.9 Å². The molecule has 0 radical (unpaired) electrons. The van der Waals surface area contributed by atoms with Crippen LogP contribution in [0.25, 0.3) is 0 Å². The van der Waals surface area contributed by atoms with Crippen LogP contribution in [0.2, 0.25) is 0 Å². The molecule has 23 heavy (non-hydrogen) atoms. The minimum Gasteiger partial charge on any atom is -0.494 e. The molecule has 1 aliphatic heterocycles. The number of nitrogens with zero attached hydrogens (tertiary/aromatic N) is 1. The van der Waals surface area contributed by atoms with Crippen LogP contribution in [-0.4, -0.2) is 50.3 Å².